The van der Waals surface area contributed by atoms with E-state index in [1.165, 1.54) is 6.07 Å². The molecule has 21 heavy (non-hydrogen) atoms. The molecule has 0 saturated carbocycles. The molecule has 0 amide bonds. The normalized spacial score (nSPS) is 11.3. The molecule has 0 heterocycles. The summed E-state index contributed by atoms with van der Waals surface area (Å²) in [5.41, 5.74) is 1.53. The maximum absolute atomic E-state index is 12.3. The lowest BCUT2D eigenvalue weighted by atomic mass is 10.2. The van der Waals surface area contributed by atoms with Gasteiger partial charge in [0, 0.05) is 12.2 Å². The molecular weight excluding hydrogens is 308 g/mol. The molecule has 4 nitrogen and oxygen atoms in total. The summed E-state index contributed by atoms with van der Waals surface area (Å²) < 4.78 is 27.2. The van der Waals surface area contributed by atoms with Crippen molar-refractivity contribution in [3.8, 4) is 0 Å². The molecule has 0 aromatic heterocycles. The maximum atomic E-state index is 12.3. The largest absolute Gasteiger partial charge is 0.313 e. The Kier molecular flexibility index (Phi) is 5.22. The third kappa shape index (κ3) is 4.20. The van der Waals surface area contributed by atoms with Crippen LogP contribution in [0, 0.1) is 0 Å². The van der Waals surface area contributed by atoms with Gasteiger partial charge in [-0.2, -0.15) is 0 Å². The molecule has 0 aliphatic carbocycles. The Morgan fingerprint density at radius 2 is 1.86 bits per heavy atom. The number of sulfonamides is 1. The number of hydrogen-bond acceptors (Lipinski definition) is 3. The second-order valence-corrected chi connectivity index (χ2v) is 6.57. The lowest BCUT2D eigenvalue weighted by Gasteiger charge is -2.10. The minimum atomic E-state index is -3.68. The van der Waals surface area contributed by atoms with Gasteiger partial charge in [0.2, 0.25) is 0 Å². The molecule has 0 saturated heterocycles. The number of benzene rings is 2. The average molecular weight is 325 g/mol. The van der Waals surface area contributed by atoms with E-state index < -0.39 is 10.0 Å². The van der Waals surface area contributed by atoms with E-state index in [4.69, 9.17) is 11.6 Å². The lowest BCUT2D eigenvalue weighted by molar-refractivity contribution is 0.601. The smallest absolute Gasteiger partial charge is 0.263 e. The van der Waals surface area contributed by atoms with Crippen molar-refractivity contribution in [2.24, 2.45) is 0 Å². The van der Waals surface area contributed by atoms with Crippen molar-refractivity contribution in [1.82, 2.24) is 5.32 Å². The van der Waals surface area contributed by atoms with Crippen molar-refractivity contribution >= 4 is 27.3 Å². The van der Waals surface area contributed by atoms with Crippen LogP contribution in [0.3, 0.4) is 0 Å². The van der Waals surface area contributed by atoms with E-state index in [9.17, 15) is 8.42 Å². The van der Waals surface area contributed by atoms with Gasteiger partial charge in [-0.3, -0.25) is 4.72 Å². The third-order valence-electron chi connectivity index (χ3n) is 2.88. The Morgan fingerprint density at radius 1 is 1.10 bits per heavy atom. The van der Waals surface area contributed by atoms with Gasteiger partial charge >= 0.3 is 0 Å². The molecular formula is C15H17ClN2O2S. The second-order valence-electron chi connectivity index (χ2n) is 4.52. The van der Waals surface area contributed by atoms with E-state index in [0.717, 1.165) is 12.1 Å². The molecule has 0 radical (unpaired) electrons. The van der Waals surface area contributed by atoms with Gasteiger partial charge in [0.15, 0.2) is 0 Å². The SMILES string of the molecule is CCNCc1cccc(NS(=O)(=O)c2ccccc2Cl)c1. The fourth-order valence-corrected chi connectivity index (χ4v) is 3.46. The third-order valence-corrected chi connectivity index (χ3v) is 4.77. The van der Waals surface area contributed by atoms with Crippen LogP contribution in [-0.2, 0) is 16.6 Å². The molecule has 6 heteroatoms. The van der Waals surface area contributed by atoms with Gasteiger partial charge in [-0.1, -0.05) is 42.8 Å². The minimum absolute atomic E-state index is 0.0729. The maximum Gasteiger partial charge on any atom is 0.263 e. The van der Waals surface area contributed by atoms with Crippen molar-refractivity contribution in [2.75, 3.05) is 11.3 Å². The number of halogens is 1. The molecule has 0 unspecified atom stereocenters. The molecule has 0 atom stereocenters. The molecule has 2 N–H and O–H groups in total. The molecule has 2 aromatic rings. The van der Waals surface area contributed by atoms with Crippen LogP contribution in [0.2, 0.25) is 5.02 Å². The van der Waals surface area contributed by atoms with Crippen LogP contribution in [0.1, 0.15) is 12.5 Å². The van der Waals surface area contributed by atoms with Crippen LogP contribution in [0.5, 0.6) is 0 Å². The standard InChI is InChI=1S/C15H17ClN2O2S/c1-2-17-11-12-6-5-7-13(10-12)18-21(19,20)15-9-4-3-8-14(15)16/h3-10,17-18H,2,11H2,1H3. The monoisotopic (exact) mass is 324 g/mol. The zero-order valence-corrected chi connectivity index (χ0v) is 13.2. The van der Waals surface area contributed by atoms with E-state index in [2.05, 4.69) is 10.0 Å². The van der Waals surface area contributed by atoms with Crippen molar-refractivity contribution in [3.63, 3.8) is 0 Å². The molecule has 0 bridgehead atoms. The Balaban J connectivity index is 2.23. The molecule has 0 spiro atoms. The van der Waals surface area contributed by atoms with E-state index in [0.29, 0.717) is 12.2 Å². The fraction of sp³-hybridized carbons (Fsp3) is 0.200. The average Bonchev–Trinajstić information content (AvgIpc) is 2.45. The topological polar surface area (TPSA) is 58.2 Å². The molecule has 0 fully saturated rings. The van der Waals surface area contributed by atoms with Crippen LogP contribution >= 0.6 is 11.6 Å². The van der Waals surface area contributed by atoms with E-state index in [1.807, 2.05) is 19.1 Å². The highest BCUT2D eigenvalue weighted by Gasteiger charge is 2.17. The first kappa shape index (κ1) is 15.8. The zero-order valence-electron chi connectivity index (χ0n) is 11.6. The minimum Gasteiger partial charge on any atom is -0.313 e. The van der Waals surface area contributed by atoms with Crippen LogP contribution in [0.15, 0.2) is 53.4 Å². The van der Waals surface area contributed by atoms with Crippen molar-refractivity contribution in [2.45, 2.75) is 18.4 Å². The van der Waals surface area contributed by atoms with Gasteiger partial charge in [-0.15, -0.1) is 0 Å². The summed E-state index contributed by atoms with van der Waals surface area (Å²) in [6, 6.07) is 13.6. The van der Waals surface area contributed by atoms with Gasteiger partial charge in [0.25, 0.3) is 10.0 Å². The van der Waals surface area contributed by atoms with Crippen molar-refractivity contribution < 1.29 is 8.42 Å². The summed E-state index contributed by atoms with van der Waals surface area (Å²) in [5, 5.41) is 3.40. The zero-order chi connectivity index (χ0) is 15.3. The number of rotatable bonds is 6. The Hall–Kier alpha value is -1.56. The van der Waals surface area contributed by atoms with Crippen LogP contribution < -0.4 is 10.0 Å². The van der Waals surface area contributed by atoms with E-state index in [-0.39, 0.29) is 9.92 Å². The number of anilines is 1. The summed E-state index contributed by atoms with van der Waals surface area (Å²) in [5.74, 6) is 0. The Morgan fingerprint density at radius 3 is 2.57 bits per heavy atom. The first-order valence-corrected chi connectivity index (χ1v) is 8.46. The molecule has 2 aromatic carbocycles. The quantitative estimate of drug-likeness (QED) is 0.857. The second kappa shape index (κ2) is 6.93. The summed E-state index contributed by atoms with van der Waals surface area (Å²) in [7, 11) is -3.68. The highest BCUT2D eigenvalue weighted by atomic mass is 35.5. The fourth-order valence-electron chi connectivity index (χ4n) is 1.89. The highest BCUT2D eigenvalue weighted by Crippen LogP contribution is 2.23. The summed E-state index contributed by atoms with van der Waals surface area (Å²) in [6.45, 7) is 3.57. The van der Waals surface area contributed by atoms with Gasteiger partial charge in [0.05, 0.1) is 5.02 Å². The van der Waals surface area contributed by atoms with Gasteiger partial charge < -0.3 is 5.32 Å². The Labute approximate surface area is 130 Å². The van der Waals surface area contributed by atoms with Crippen LogP contribution in [0.4, 0.5) is 5.69 Å². The van der Waals surface area contributed by atoms with E-state index >= 15 is 0 Å². The van der Waals surface area contributed by atoms with Crippen LogP contribution in [-0.4, -0.2) is 15.0 Å². The molecule has 2 rings (SSSR count). The predicted molar refractivity (Wildman–Crippen MR) is 86.1 cm³/mol. The summed E-state index contributed by atoms with van der Waals surface area (Å²) in [6.07, 6.45) is 0. The first-order valence-electron chi connectivity index (χ1n) is 6.60. The van der Waals surface area contributed by atoms with Gasteiger partial charge in [-0.25, -0.2) is 8.42 Å². The van der Waals surface area contributed by atoms with Gasteiger partial charge in [0.1, 0.15) is 4.90 Å². The summed E-state index contributed by atoms with van der Waals surface area (Å²) in [4.78, 5) is 0.0729. The number of nitrogens with one attached hydrogen (secondary N) is 2. The molecule has 112 valence electrons. The number of hydrogen-bond donors (Lipinski definition) is 2. The van der Waals surface area contributed by atoms with Crippen LogP contribution in [0.25, 0.3) is 0 Å². The van der Waals surface area contributed by atoms with Crippen molar-refractivity contribution in [1.29, 1.82) is 0 Å². The first-order chi connectivity index (χ1) is 10.0. The van der Waals surface area contributed by atoms with Gasteiger partial charge in [-0.05, 0) is 36.4 Å². The van der Waals surface area contributed by atoms with Crippen molar-refractivity contribution in [3.05, 3.63) is 59.1 Å². The van der Waals surface area contributed by atoms with E-state index in [1.54, 1.807) is 30.3 Å². The summed E-state index contributed by atoms with van der Waals surface area (Å²) >= 11 is 5.95. The molecule has 0 aliphatic rings. The highest BCUT2D eigenvalue weighted by molar-refractivity contribution is 7.92. The lowest BCUT2D eigenvalue weighted by Crippen LogP contribution is -2.15. The molecule has 0 aliphatic heterocycles. The Bertz CT molecular complexity index is 717. The predicted octanol–water partition coefficient (Wildman–Crippen LogP) is 3.25.